The highest BCUT2D eigenvalue weighted by Crippen LogP contribution is 2.21. The van der Waals surface area contributed by atoms with Crippen molar-refractivity contribution in [1.29, 1.82) is 0 Å². The van der Waals surface area contributed by atoms with E-state index in [9.17, 15) is 4.79 Å². The van der Waals surface area contributed by atoms with Crippen molar-refractivity contribution in [2.75, 3.05) is 32.7 Å². The molecule has 0 aliphatic carbocycles. The van der Waals surface area contributed by atoms with Gasteiger partial charge in [-0.05, 0) is 11.5 Å². The van der Waals surface area contributed by atoms with E-state index in [1.54, 1.807) is 0 Å². The summed E-state index contributed by atoms with van der Waals surface area (Å²) in [6.07, 6.45) is 5.68. The minimum Gasteiger partial charge on any atom is -0.447 e. The molecule has 0 unspecified atom stereocenters. The van der Waals surface area contributed by atoms with Gasteiger partial charge in [0.2, 0.25) is 5.89 Å². The van der Waals surface area contributed by atoms with E-state index in [-0.39, 0.29) is 11.9 Å². The number of aromatic nitrogens is 1. The maximum Gasteiger partial charge on any atom is 0.276 e. The molecular weight excluding hydrogens is 364 g/mol. The Bertz CT molecular complexity index is 838. The molecule has 2 aliphatic heterocycles. The average molecular weight is 395 g/mol. The number of nitrogens with zero attached hydrogens (tertiary/aromatic N) is 4. The Balaban J connectivity index is 1.28. The van der Waals surface area contributed by atoms with Gasteiger partial charge in [0.1, 0.15) is 6.26 Å². The van der Waals surface area contributed by atoms with Gasteiger partial charge in [-0.2, -0.15) is 0 Å². The van der Waals surface area contributed by atoms with Crippen LogP contribution in [0.2, 0.25) is 0 Å². The molecule has 29 heavy (non-hydrogen) atoms. The lowest BCUT2D eigenvalue weighted by atomic mass is 10.0. The van der Waals surface area contributed by atoms with Crippen molar-refractivity contribution in [3.05, 3.63) is 65.9 Å². The van der Waals surface area contributed by atoms with Crippen LogP contribution in [0.25, 0.3) is 0 Å². The third kappa shape index (κ3) is 4.77. The minimum absolute atomic E-state index is 0.0450. The molecule has 6 heteroatoms. The molecule has 6 nitrogen and oxygen atoms in total. The Morgan fingerprint density at radius 2 is 1.79 bits per heavy atom. The summed E-state index contributed by atoms with van der Waals surface area (Å²) >= 11 is 0. The quantitative estimate of drug-likeness (QED) is 0.705. The molecule has 1 amide bonds. The van der Waals surface area contributed by atoms with Crippen LogP contribution >= 0.6 is 0 Å². The molecule has 2 aliphatic rings. The van der Waals surface area contributed by atoms with Crippen LogP contribution in [-0.2, 0) is 13.1 Å². The van der Waals surface area contributed by atoms with Crippen molar-refractivity contribution in [3.63, 3.8) is 0 Å². The normalized spacial score (nSPS) is 20.7. The molecule has 1 aromatic heterocycles. The van der Waals surface area contributed by atoms with E-state index < -0.39 is 0 Å². The molecule has 2 aromatic rings. The number of carbonyl (C=O) groups is 1. The van der Waals surface area contributed by atoms with E-state index >= 15 is 0 Å². The molecule has 154 valence electrons. The van der Waals surface area contributed by atoms with Crippen LogP contribution in [0.4, 0.5) is 0 Å². The molecule has 0 bridgehead atoms. The molecule has 1 fully saturated rings. The van der Waals surface area contributed by atoms with Crippen LogP contribution in [0.15, 0.2) is 53.2 Å². The second-order valence-electron chi connectivity index (χ2n) is 8.28. The third-order valence-electron chi connectivity index (χ3n) is 5.78. The molecule has 0 N–H and O–H groups in total. The number of hydrogen-bond acceptors (Lipinski definition) is 5. The Hall–Kier alpha value is -2.44. The van der Waals surface area contributed by atoms with Crippen molar-refractivity contribution in [1.82, 2.24) is 19.7 Å². The van der Waals surface area contributed by atoms with E-state index in [0.717, 1.165) is 32.7 Å². The highest BCUT2D eigenvalue weighted by molar-refractivity contribution is 5.92. The first-order valence-electron chi connectivity index (χ1n) is 10.5. The fourth-order valence-corrected chi connectivity index (χ4v) is 4.11. The zero-order valence-electron chi connectivity index (χ0n) is 17.3. The number of benzene rings is 1. The van der Waals surface area contributed by atoms with E-state index in [4.69, 9.17) is 4.42 Å². The summed E-state index contributed by atoms with van der Waals surface area (Å²) in [6, 6.07) is 10.7. The summed E-state index contributed by atoms with van der Waals surface area (Å²) in [5.74, 6) is 0.964. The lowest BCUT2D eigenvalue weighted by Gasteiger charge is -2.34. The lowest BCUT2D eigenvalue weighted by Crippen LogP contribution is -2.45. The van der Waals surface area contributed by atoms with Gasteiger partial charge in [0.15, 0.2) is 5.69 Å². The van der Waals surface area contributed by atoms with Crippen LogP contribution < -0.4 is 0 Å². The summed E-state index contributed by atoms with van der Waals surface area (Å²) in [4.78, 5) is 24.0. The Morgan fingerprint density at radius 3 is 2.48 bits per heavy atom. The summed E-state index contributed by atoms with van der Waals surface area (Å²) < 4.78 is 5.63. The van der Waals surface area contributed by atoms with Gasteiger partial charge in [-0.15, -0.1) is 0 Å². The van der Waals surface area contributed by atoms with Gasteiger partial charge in [-0.25, -0.2) is 4.98 Å². The van der Waals surface area contributed by atoms with Crippen molar-refractivity contribution in [3.8, 4) is 0 Å². The highest BCUT2D eigenvalue weighted by Gasteiger charge is 2.29. The largest absolute Gasteiger partial charge is 0.447 e. The van der Waals surface area contributed by atoms with Crippen molar-refractivity contribution in [2.45, 2.75) is 33.0 Å². The number of hydrogen-bond donors (Lipinski definition) is 0. The second kappa shape index (κ2) is 8.93. The zero-order valence-corrected chi connectivity index (χ0v) is 17.3. The summed E-state index contributed by atoms with van der Waals surface area (Å²) in [5, 5.41) is 0. The predicted octanol–water partition coefficient (Wildman–Crippen LogP) is 3.03. The first kappa shape index (κ1) is 19.9. The van der Waals surface area contributed by atoms with E-state index in [0.29, 0.717) is 30.6 Å². The Kier molecular flexibility index (Phi) is 6.11. The summed E-state index contributed by atoms with van der Waals surface area (Å²) in [6.45, 7) is 10.6. The van der Waals surface area contributed by atoms with Crippen molar-refractivity contribution in [2.24, 2.45) is 5.92 Å². The van der Waals surface area contributed by atoms with Gasteiger partial charge in [0.25, 0.3) is 5.91 Å². The number of amides is 1. The topological polar surface area (TPSA) is 52.8 Å². The zero-order chi connectivity index (χ0) is 20.2. The van der Waals surface area contributed by atoms with Crippen molar-refractivity contribution < 1.29 is 9.21 Å². The fourth-order valence-electron chi connectivity index (χ4n) is 4.11. The van der Waals surface area contributed by atoms with Crippen LogP contribution in [-0.4, -0.2) is 64.4 Å². The highest BCUT2D eigenvalue weighted by atomic mass is 16.3. The second-order valence-corrected chi connectivity index (χ2v) is 8.28. The molecule has 0 spiro atoms. The van der Waals surface area contributed by atoms with Gasteiger partial charge < -0.3 is 9.32 Å². The monoisotopic (exact) mass is 394 g/mol. The molecule has 4 rings (SSSR count). The average Bonchev–Trinajstić information content (AvgIpc) is 3.40. The third-order valence-corrected chi connectivity index (χ3v) is 5.78. The van der Waals surface area contributed by atoms with Crippen LogP contribution in [0, 0.1) is 5.92 Å². The minimum atomic E-state index is -0.0450. The first-order valence-corrected chi connectivity index (χ1v) is 10.5. The van der Waals surface area contributed by atoms with E-state index in [1.807, 2.05) is 4.90 Å². The molecule has 1 aromatic carbocycles. The predicted molar refractivity (Wildman–Crippen MR) is 112 cm³/mol. The standard InChI is InChI=1S/C23H30N4O2/c1-18(2)21-9-6-10-27(21)23(28)20-17-29-22(24-20)16-26-13-11-25(12-14-26)15-19-7-4-3-5-8-19/h3-9,17-18,21H,10-16H2,1-2H3/t21-/m0/s1. The number of carbonyl (C=O) groups excluding carboxylic acids is 1. The molecule has 1 atom stereocenters. The Labute approximate surface area is 172 Å². The molecule has 1 saturated heterocycles. The van der Waals surface area contributed by atoms with E-state index in [1.165, 1.54) is 11.8 Å². The summed E-state index contributed by atoms with van der Waals surface area (Å²) in [7, 11) is 0. The lowest BCUT2D eigenvalue weighted by molar-refractivity contribution is 0.0714. The number of piperazine rings is 1. The van der Waals surface area contributed by atoms with Crippen LogP contribution in [0.5, 0.6) is 0 Å². The fraction of sp³-hybridized carbons (Fsp3) is 0.478. The molecular formula is C23H30N4O2. The maximum absolute atomic E-state index is 12.8. The van der Waals surface area contributed by atoms with Crippen molar-refractivity contribution >= 4 is 5.91 Å². The van der Waals surface area contributed by atoms with Gasteiger partial charge in [0, 0.05) is 39.3 Å². The SMILES string of the molecule is CC(C)[C@@H]1C=CCN1C(=O)c1coc(CN2CCN(Cc3ccccc3)CC2)n1. The van der Waals surface area contributed by atoms with Gasteiger partial charge in [-0.1, -0.05) is 56.3 Å². The van der Waals surface area contributed by atoms with Gasteiger partial charge in [-0.3, -0.25) is 14.6 Å². The Morgan fingerprint density at radius 1 is 1.10 bits per heavy atom. The van der Waals surface area contributed by atoms with Gasteiger partial charge in [0.05, 0.1) is 12.6 Å². The number of rotatable bonds is 6. The van der Waals surface area contributed by atoms with E-state index in [2.05, 4.69) is 71.1 Å². The smallest absolute Gasteiger partial charge is 0.276 e. The molecule has 0 saturated carbocycles. The van der Waals surface area contributed by atoms with Gasteiger partial charge >= 0.3 is 0 Å². The van der Waals surface area contributed by atoms with Crippen LogP contribution in [0.1, 0.15) is 35.8 Å². The molecule has 3 heterocycles. The number of oxazole rings is 1. The first-order chi connectivity index (χ1) is 14.1. The molecule has 0 radical (unpaired) electrons. The maximum atomic E-state index is 12.8. The van der Waals surface area contributed by atoms with Crippen LogP contribution in [0.3, 0.4) is 0 Å². The summed E-state index contributed by atoms with van der Waals surface area (Å²) in [5.41, 5.74) is 1.77.